The van der Waals surface area contributed by atoms with Crippen molar-refractivity contribution in [3.05, 3.63) is 83.5 Å². The van der Waals surface area contributed by atoms with Crippen molar-refractivity contribution in [3.63, 3.8) is 0 Å². The van der Waals surface area contributed by atoms with Crippen LogP contribution in [0.4, 0.5) is 0 Å². The first-order chi connectivity index (χ1) is 11.3. The summed E-state index contributed by atoms with van der Waals surface area (Å²) < 4.78 is 2.16. The maximum absolute atomic E-state index is 6.13. The molecular formula is C19H18ClN3. The molecule has 0 aliphatic heterocycles. The molecule has 3 nitrogen and oxygen atoms in total. The van der Waals surface area contributed by atoms with Crippen LogP contribution >= 0.6 is 11.6 Å². The first-order valence-electron chi connectivity index (χ1n) is 7.47. The predicted octanol–water partition coefficient (Wildman–Crippen LogP) is 4.60. The highest BCUT2D eigenvalue weighted by Gasteiger charge is 2.05. The summed E-state index contributed by atoms with van der Waals surface area (Å²) in [5.74, 6) is 0. The Morgan fingerprint density at radius 3 is 2.74 bits per heavy atom. The van der Waals surface area contributed by atoms with Gasteiger partial charge in [-0.3, -0.25) is 0 Å². The van der Waals surface area contributed by atoms with Crippen molar-refractivity contribution in [1.29, 1.82) is 0 Å². The summed E-state index contributed by atoms with van der Waals surface area (Å²) in [6.07, 6.45) is 5.83. The van der Waals surface area contributed by atoms with E-state index in [9.17, 15) is 0 Å². The molecule has 0 saturated heterocycles. The number of benzene rings is 2. The van der Waals surface area contributed by atoms with Crippen LogP contribution in [-0.2, 0) is 13.1 Å². The van der Waals surface area contributed by atoms with Crippen molar-refractivity contribution in [2.75, 3.05) is 0 Å². The van der Waals surface area contributed by atoms with Gasteiger partial charge in [-0.1, -0.05) is 54.1 Å². The summed E-state index contributed by atoms with van der Waals surface area (Å²) >= 11 is 6.13. The molecule has 0 spiro atoms. The van der Waals surface area contributed by atoms with Gasteiger partial charge in [0.25, 0.3) is 0 Å². The van der Waals surface area contributed by atoms with Gasteiger partial charge >= 0.3 is 0 Å². The van der Waals surface area contributed by atoms with E-state index in [1.165, 1.54) is 10.9 Å². The summed E-state index contributed by atoms with van der Waals surface area (Å²) in [4.78, 5) is 0. The van der Waals surface area contributed by atoms with E-state index in [-0.39, 0.29) is 0 Å². The van der Waals surface area contributed by atoms with Crippen LogP contribution in [0.5, 0.6) is 0 Å². The van der Waals surface area contributed by atoms with Gasteiger partial charge < -0.3 is 9.99 Å². The zero-order valence-corrected chi connectivity index (χ0v) is 13.5. The van der Waals surface area contributed by atoms with Gasteiger partial charge in [0.1, 0.15) is 0 Å². The maximum Gasteiger partial charge on any atom is 0.0594 e. The van der Waals surface area contributed by atoms with Crippen molar-refractivity contribution < 1.29 is 0 Å². The number of nitrogens with one attached hydrogen (secondary N) is 1. The number of para-hydroxylation sites is 1. The summed E-state index contributed by atoms with van der Waals surface area (Å²) in [5, 5.41) is 6.26. The van der Waals surface area contributed by atoms with Gasteiger partial charge in [0.15, 0.2) is 0 Å². The predicted molar refractivity (Wildman–Crippen MR) is 98.0 cm³/mol. The van der Waals surface area contributed by atoms with Gasteiger partial charge in [-0.25, -0.2) is 0 Å². The van der Waals surface area contributed by atoms with Crippen LogP contribution in [0, 0.1) is 0 Å². The third-order valence-corrected chi connectivity index (χ3v) is 4.04. The number of rotatable bonds is 6. The number of hydrazone groups is 1. The molecule has 2 aromatic carbocycles. The summed E-state index contributed by atoms with van der Waals surface area (Å²) in [7, 11) is 0. The van der Waals surface area contributed by atoms with E-state index in [1.54, 1.807) is 0 Å². The largest absolute Gasteiger partial charge is 0.343 e. The second kappa shape index (κ2) is 7.16. The van der Waals surface area contributed by atoms with E-state index in [0.29, 0.717) is 6.54 Å². The third kappa shape index (κ3) is 3.46. The molecule has 0 radical (unpaired) electrons. The number of nitrogens with zero attached hydrogens (tertiary/aromatic N) is 2. The van der Waals surface area contributed by atoms with Gasteiger partial charge in [0, 0.05) is 34.2 Å². The van der Waals surface area contributed by atoms with Gasteiger partial charge in [0.2, 0.25) is 0 Å². The Morgan fingerprint density at radius 2 is 1.91 bits per heavy atom. The molecule has 0 amide bonds. The highest BCUT2D eigenvalue weighted by molar-refractivity contribution is 6.31. The quantitative estimate of drug-likeness (QED) is 0.401. The molecule has 0 fully saturated rings. The highest BCUT2D eigenvalue weighted by Crippen LogP contribution is 2.20. The number of halogens is 1. The average Bonchev–Trinajstić information content (AvgIpc) is 2.92. The van der Waals surface area contributed by atoms with Crippen molar-refractivity contribution in [3.8, 4) is 0 Å². The molecule has 0 aliphatic carbocycles. The molecule has 23 heavy (non-hydrogen) atoms. The lowest BCUT2D eigenvalue weighted by molar-refractivity contribution is 0.748. The van der Waals surface area contributed by atoms with E-state index in [4.69, 9.17) is 11.6 Å². The number of hydrogen-bond acceptors (Lipinski definition) is 2. The molecule has 1 N–H and O–H groups in total. The number of allylic oxidation sites excluding steroid dienone is 1. The second-order valence-electron chi connectivity index (χ2n) is 5.23. The van der Waals surface area contributed by atoms with Gasteiger partial charge in [-0.05, 0) is 17.7 Å². The van der Waals surface area contributed by atoms with Crippen LogP contribution in [0.3, 0.4) is 0 Å². The Bertz CT molecular complexity index is 849. The van der Waals surface area contributed by atoms with Gasteiger partial charge in [0.05, 0.1) is 12.8 Å². The fourth-order valence-electron chi connectivity index (χ4n) is 2.56. The molecule has 0 saturated carbocycles. The lowest BCUT2D eigenvalue weighted by Crippen LogP contribution is -2.05. The molecule has 1 aromatic heterocycles. The minimum Gasteiger partial charge on any atom is -0.343 e. The molecule has 0 unspecified atom stereocenters. The smallest absolute Gasteiger partial charge is 0.0594 e. The third-order valence-electron chi connectivity index (χ3n) is 3.67. The minimum absolute atomic E-state index is 0.599. The van der Waals surface area contributed by atoms with E-state index in [0.717, 1.165) is 22.7 Å². The Labute approximate surface area is 140 Å². The van der Waals surface area contributed by atoms with Crippen LogP contribution in [0.15, 0.2) is 72.5 Å². The van der Waals surface area contributed by atoms with E-state index in [1.807, 2.05) is 48.7 Å². The average molecular weight is 324 g/mol. The van der Waals surface area contributed by atoms with Gasteiger partial charge in [-0.15, -0.1) is 6.58 Å². The zero-order chi connectivity index (χ0) is 16.1. The molecule has 3 aromatic rings. The first-order valence-corrected chi connectivity index (χ1v) is 7.85. The lowest BCUT2D eigenvalue weighted by Gasteiger charge is -2.02. The fourth-order valence-corrected chi connectivity index (χ4v) is 2.76. The van der Waals surface area contributed by atoms with Crippen molar-refractivity contribution in [2.24, 2.45) is 5.10 Å². The zero-order valence-electron chi connectivity index (χ0n) is 12.7. The van der Waals surface area contributed by atoms with Crippen molar-refractivity contribution >= 4 is 28.7 Å². The molecular weight excluding hydrogens is 306 g/mol. The summed E-state index contributed by atoms with van der Waals surface area (Å²) in [6, 6.07) is 16.0. The number of aromatic nitrogens is 1. The SMILES string of the molecule is C=CCn1cc(/C=N\NCc2ccccc2Cl)c2ccccc21. The molecule has 0 bridgehead atoms. The van der Waals surface area contributed by atoms with Crippen LogP contribution < -0.4 is 5.43 Å². The summed E-state index contributed by atoms with van der Waals surface area (Å²) in [5.41, 5.74) is 6.34. The van der Waals surface area contributed by atoms with E-state index >= 15 is 0 Å². The first kappa shape index (κ1) is 15.4. The fraction of sp³-hybridized carbons (Fsp3) is 0.105. The highest BCUT2D eigenvalue weighted by atomic mass is 35.5. The molecule has 1 heterocycles. The van der Waals surface area contributed by atoms with E-state index < -0.39 is 0 Å². The van der Waals surface area contributed by atoms with Gasteiger partial charge in [-0.2, -0.15) is 5.10 Å². The molecule has 4 heteroatoms. The van der Waals surface area contributed by atoms with Crippen LogP contribution in [0.1, 0.15) is 11.1 Å². The summed E-state index contributed by atoms with van der Waals surface area (Å²) in [6.45, 7) is 5.19. The number of fused-ring (bicyclic) bond motifs is 1. The minimum atomic E-state index is 0.599. The van der Waals surface area contributed by atoms with Crippen molar-refractivity contribution in [1.82, 2.24) is 9.99 Å². The topological polar surface area (TPSA) is 29.3 Å². The Morgan fingerprint density at radius 1 is 1.13 bits per heavy atom. The Hall–Kier alpha value is -2.52. The molecule has 0 aliphatic rings. The normalized spacial score (nSPS) is 11.2. The maximum atomic E-state index is 6.13. The molecule has 116 valence electrons. The van der Waals surface area contributed by atoms with Crippen LogP contribution in [-0.4, -0.2) is 10.8 Å². The van der Waals surface area contributed by atoms with E-state index in [2.05, 4.69) is 40.0 Å². The second-order valence-corrected chi connectivity index (χ2v) is 5.63. The van der Waals surface area contributed by atoms with Crippen LogP contribution in [0.25, 0.3) is 10.9 Å². The molecule has 0 atom stereocenters. The molecule has 3 rings (SSSR count). The monoisotopic (exact) mass is 323 g/mol. The standard InChI is InChI=1S/C19H18ClN3/c1-2-11-23-14-16(17-8-4-6-10-19(17)23)13-22-21-12-15-7-3-5-9-18(15)20/h2-10,13-14,21H,1,11-12H2/b22-13-. The number of hydrogen-bond donors (Lipinski definition) is 1. The lowest BCUT2D eigenvalue weighted by atomic mass is 10.2. The van der Waals surface area contributed by atoms with Crippen molar-refractivity contribution in [2.45, 2.75) is 13.1 Å². The Balaban J connectivity index is 1.76. The Kier molecular flexibility index (Phi) is 4.79. The van der Waals surface area contributed by atoms with Crippen LogP contribution in [0.2, 0.25) is 5.02 Å².